The highest BCUT2D eigenvalue weighted by molar-refractivity contribution is 7.99. The van der Waals surface area contributed by atoms with Crippen LogP contribution in [0.25, 0.3) is 0 Å². The second-order valence-electron chi connectivity index (χ2n) is 5.45. The maximum atomic E-state index is 12.0. The second kappa shape index (κ2) is 6.41. The van der Waals surface area contributed by atoms with Gasteiger partial charge in [-0.2, -0.15) is 0 Å². The topological polar surface area (TPSA) is 59.8 Å². The van der Waals surface area contributed by atoms with Crippen LogP contribution in [0.2, 0.25) is 0 Å². The summed E-state index contributed by atoms with van der Waals surface area (Å²) in [7, 11) is 1.88. The SMILES string of the molecule is C[C@@H]1[C@@H](C)CCC[C@H]1NC(=O)CSc1nncn1C. The summed E-state index contributed by atoms with van der Waals surface area (Å²) in [5.41, 5.74) is 0. The Balaban J connectivity index is 1.79. The Kier molecular flexibility index (Phi) is 4.85. The van der Waals surface area contributed by atoms with Gasteiger partial charge in [-0.3, -0.25) is 4.79 Å². The smallest absolute Gasteiger partial charge is 0.230 e. The van der Waals surface area contributed by atoms with Crippen molar-refractivity contribution < 1.29 is 4.79 Å². The summed E-state index contributed by atoms with van der Waals surface area (Å²) in [5, 5.41) is 11.7. The lowest BCUT2D eigenvalue weighted by Gasteiger charge is -2.34. The summed E-state index contributed by atoms with van der Waals surface area (Å²) in [6.07, 6.45) is 5.24. The standard InChI is InChI=1S/C13H22N4OS/c1-9-5-4-6-11(10(9)2)15-12(18)7-19-13-16-14-8-17(13)3/h8-11H,4-7H2,1-3H3,(H,15,18)/t9-,10+,11+/m0/s1. The maximum absolute atomic E-state index is 12.0. The molecule has 3 atom stereocenters. The molecule has 2 rings (SSSR count). The molecule has 19 heavy (non-hydrogen) atoms. The lowest BCUT2D eigenvalue weighted by atomic mass is 9.78. The Morgan fingerprint density at radius 3 is 3.00 bits per heavy atom. The molecule has 1 aromatic rings. The normalized spacial score (nSPS) is 27.2. The van der Waals surface area contributed by atoms with E-state index < -0.39 is 0 Å². The first-order valence-electron chi connectivity index (χ1n) is 6.84. The van der Waals surface area contributed by atoms with E-state index in [0.29, 0.717) is 23.6 Å². The fourth-order valence-electron chi connectivity index (χ4n) is 2.57. The van der Waals surface area contributed by atoms with Crippen molar-refractivity contribution in [3.8, 4) is 0 Å². The van der Waals surface area contributed by atoms with Gasteiger partial charge >= 0.3 is 0 Å². The zero-order valence-electron chi connectivity index (χ0n) is 11.8. The number of aryl methyl sites for hydroxylation is 1. The second-order valence-corrected chi connectivity index (χ2v) is 6.40. The highest BCUT2D eigenvalue weighted by atomic mass is 32.2. The Morgan fingerprint density at radius 2 is 2.32 bits per heavy atom. The molecule has 0 saturated heterocycles. The number of nitrogens with zero attached hydrogens (tertiary/aromatic N) is 3. The average molecular weight is 282 g/mol. The van der Waals surface area contributed by atoms with Crippen LogP contribution in [0, 0.1) is 11.8 Å². The van der Waals surface area contributed by atoms with Crippen molar-refractivity contribution >= 4 is 17.7 Å². The van der Waals surface area contributed by atoms with Crippen molar-refractivity contribution in [2.24, 2.45) is 18.9 Å². The number of carbonyl (C=O) groups excluding carboxylic acids is 1. The van der Waals surface area contributed by atoms with E-state index in [1.54, 1.807) is 6.33 Å². The highest BCUT2D eigenvalue weighted by Crippen LogP contribution is 2.29. The third-order valence-corrected chi connectivity index (χ3v) is 5.09. The summed E-state index contributed by atoms with van der Waals surface area (Å²) in [5.74, 6) is 1.77. The van der Waals surface area contributed by atoms with Gasteiger partial charge in [-0.1, -0.05) is 38.5 Å². The average Bonchev–Trinajstić information content (AvgIpc) is 2.78. The van der Waals surface area contributed by atoms with Crippen LogP contribution in [0.5, 0.6) is 0 Å². The molecule has 106 valence electrons. The van der Waals surface area contributed by atoms with E-state index in [-0.39, 0.29) is 5.91 Å². The van der Waals surface area contributed by atoms with Gasteiger partial charge in [-0.25, -0.2) is 0 Å². The van der Waals surface area contributed by atoms with E-state index in [1.807, 2.05) is 11.6 Å². The van der Waals surface area contributed by atoms with Gasteiger partial charge in [-0.05, 0) is 18.3 Å². The number of hydrogen-bond donors (Lipinski definition) is 1. The Labute approximate surface area is 118 Å². The first kappa shape index (κ1) is 14.4. The molecule has 0 bridgehead atoms. The number of carbonyl (C=O) groups is 1. The summed E-state index contributed by atoms with van der Waals surface area (Å²) >= 11 is 1.43. The molecule has 0 unspecified atom stereocenters. The van der Waals surface area contributed by atoms with E-state index in [9.17, 15) is 4.79 Å². The number of hydrogen-bond acceptors (Lipinski definition) is 4. The molecule has 1 heterocycles. The summed E-state index contributed by atoms with van der Waals surface area (Å²) in [6, 6.07) is 0.330. The molecule has 6 heteroatoms. The molecule has 1 amide bonds. The van der Waals surface area contributed by atoms with E-state index in [4.69, 9.17) is 0 Å². The third-order valence-electron chi connectivity index (χ3n) is 4.06. The number of thioether (sulfide) groups is 1. The predicted molar refractivity (Wildman–Crippen MR) is 75.8 cm³/mol. The molecular formula is C13H22N4OS. The fraction of sp³-hybridized carbons (Fsp3) is 0.769. The molecule has 0 aromatic carbocycles. The quantitative estimate of drug-likeness (QED) is 0.856. The van der Waals surface area contributed by atoms with Crippen LogP contribution >= 0.6 is 11.8 Å². The summed E-state index contributed by atoms with van der Waals surface area (Å²) in [4.78, 5) is 12.0. The number of nitrogens with one attached hydrogen (secondary N) is 1. The molecule has 5 nitrogen and oxygen atoms in total. The van der Waals surface area contributed by atoms with Gasteiger partial charge in [-0.15, -0.1) is 10.2 Å². The molecule has 0 aliphatic heterocycles. The van der Waals surface area contributed by atoms with Crippen LogP contribution in [0.1, 0.15) is 33.1 Å². The van der Waals surface area contributed by atoms with Gasteiger partial charge in [0.1, 0.15) is 6.33 Å². The summed E-state index contributed by atoms with van der Waals surface area (Å²) in [6.45, 7) is 4.52. The molecule has 1 N–H and O–H groups in total. The van der Waals surface area contributed by atoms with Crippen molar-refractivity contribution in [1.29, 1.82) is 0 Å². The van der Waals surface area contributed by atoms with Crippen LogP contribution in [0.3, 0.4) is 0 Å². The van der Waals surface area contributed by atoms with Gasteiger partial charge in [0.05, 0.1) is 5.75 Å². The maximum Gasteiger partial charge on any atom is 0.230 e. The van der Waals surface area contributed by atoms with Crippen LogP contribution in [0.15, 0.2) is 11.5 Å². The van der Waals surface area contributed by atoms with Gasteiger partial charge in [0.2, 0.25) is 5.91 Å². The van der Waals surface area contributed by atoms with Crippen molar-refractivity contribution in [2.75, 3.05) is 5.75 Å². The van der Waals surface area contributed by atoms with E-state index in [2.05, 4.69) is 29.4 Å². The minimum absolute atomic E-state index is 0.0963. The molecule has 1 saturated carbocycles. The van der Waals surface area contributed by atoms with Crippen LogP contribution < -0.4 is 5.32 Å². The van der Waals surface area contributed by atoms with Gasteiger partial charge in [0.25, 0.3) is 0 Å². The Hall–Kier alpha value is -1.04. The minimum atomic E-state index is 0.0963. The van der Waals surface area contributed by atoms with Gasteiger partial charge < -0.3 is 9.88 Å². The van der Waals surface area contributed by atoms with Gasteiger partial charge in [0.15, 0.2) is 5.16 Å². The first-order valence-corrected chi connectivity index (χ1v) is 7.82. The van der Waals surface area contributed by atoms with Crippen molar-refractivity contribution in [3.05, 3.63) is 6.33 Å². The predicted octanol–water partition coefficient (Wildman–Crippen LogP) is 1.85. The van der Waals surface area contributed by atoms with Gasteiger partial charge in [0, 0.05) is 13.1 Å². The van der Waals surface area contributed by atoms with Crippen molar-refractivity contribution in [2.45, 2.75) is 44.3 Å². The number of aromatic nitrogens is 3. The van der Waals surface area contributed by atoms with Crippen LogP contribution in [-0.4, -0.2) is 32.5 Å². The Bertz CT molecular complexity index is 434. The zero-order valence-corrected chi connectivity index (χ0v) is 12.6. The zero-order chi connectivity index (χ0) is 13.8. The molecule has 1 aliphatic carbocycles. The van der Waals surface area contributed by atoms with Crippen LogP contribution in [-0.2, 0) is 11.8 Å². The third kappa shape index (κ3) is 3.72. The number of rotatable bonds is 4. The molecule has 1 aromatic heterocycles. The molecule has 1 fully saturated rings. The molecule has 0 radical (unpaired) electrons. The monoisotopic (exact) mass is 282 g/mol. The molecule has 0 spiro atoms. The lowest BCUT2D eigenvalue weighted by Crippen LogP contribution is -2.44. The summed E-state index contributed by atoms with van der Waals surface area (Å²) < 4.78 is 1.82. The Morgan fingerprint density at radius 1 is 1.53 bits per heavy atom. The van der Waals surface area contributed by atoms with Crippen LogP contribution in [0.4, 0.5) is 0 Å². The van der Waals surface area contributed by atoms with E-state index >= 15 is 0 Å². The van der Waals surface area contributed by atoms with E-state index in [1.165, 1.54) is 24.6 Å². The number of amides is 1. The fourth-order valence-corrected chi connectivity index (χ4v) is 3.27. The largest absolute Gasteiger partial charge is 0.352 e. The first-order chi connectivity index (χ1) is 9.08. The van der Waals surface area contributed by atoms with Crippen molar-refractivity contribution in [3.63, 3.8) is 0 Å². The van der Waals surface area contributed by atoms with E-state index in [0.717, 1.165) is 11.6 Å². The minimum Gasteiger partial charge on any atom is -0.352 e. The lowest BCUT2D eigenvalue weighted by molar-refractivity contribution is -0.120. The molecular weight excluding hydrogens is 260 g/mol. The molecule has 1 aliphatic rings. The van der Waals surface area contributed by atoms with Crippen molar-refractivity contribution in [1.82, 2.24) is 20.1 Å². The highest BCUT2D eigenvalue weighted by Gasteiger charge is 2.28.